The van der Waals surface area contributed by atoms with Gasteiger partial charge in [0.15, 0.2) is 0 Å². The van der Waals surface area contributed by atoms with Crippen molar-refractivity contribution in [1.29, 1.82) is 0 Å². The van der Waals surface area contributed by atoms with Gasteiger partial charge in [-0.1, -0.05) is 12.1 Å². The average Bonchev–Trinajstić information content (AvgIpc) is 2.69. The fourth-order valence-corrected chi connectivity index (χ4v) is 2.73. The molecule has 2 rings (SSSR count). The molecule has 1 aromatic rings. The maximum Gasteiger partial charge on any atom is 0.254 e. The summed E-state index contributed by atoms with van der Waals surface area (Å²) in [6.07, 6.45) is 3.29. The van der Waals surface area contributed by atoms with E-state index in [1.54, 1.807) is 0 Å². The summed E-state index contributed by atoms with van der Waals surface area (Å²) in [6.45, 7) is 6.17. The lowest BCUT2D eigenvalue weighted by molar-refractivity contribution is 0.0719. The van der Waals surface area contributed by atoms with Crippen LogP contribution in [0, 0.1) is 13.8 Å². The topological polar surface area (TPSA) is 32.3 Å². The molecule has 104 valence electrons. The number of nitrogens with one attached hydrogen (secondary N) is 1. The first kappa shape index (κ1) is 14.1. The van der Waals surface area contributed by atoms with E-state index in [0.29, 0.717) is 6.04 Å². The van der Waals surface area contributed by atoms with Crippen molar-refractivity contribution in [1.82, 2.24) is 10.2 Å². The number of benzene rings is 1. The van der Waals surface area contributed by atoms with Gasteiger partial charge in [0.2, 0.25) is 0 Å². The van der Waals surface area contributed by atoms with E-state index in [1.807, 2.05) is 31.0 Å². The first-order valence-corrected chi connectivity index (χ1v) is 7.15. The van der Waals surface area contributed by atoms with Crippen LogP contribution in [0.15, 0.2) is 18.2 Å². The van der Waals surface area contributed by atoms with Crippen LogP contribution in [0.1, 0.15) is 40.7 Å². The van der Waals surface area contributed by atoms with Crippen LogP contribution in [0.5, 0.6) is 0 Å². The van der Waals surface area contributed by atoms with Gasteiger partial charge in [-0.15, -0.1) is 0 Å². The minimum atomic E-state index is 0.160. The summed E-state index contributed by atoms with van der Waals surface area (Å²) in [6, 6.07) is 6.33. The fourth-order valence-electron chi connectivity index (χ4n) is 2.73. The van der Waals surface area contributed by atoms with E-state index in [1.165, 1.54) is 5.56 Å². The molecule has 0 aliphatic carbocycles. The highest BCUT2D eigenvalue weighted by molar-refractivity contribution is 5.96. The Balaban J connectivity index is 2.15. The molecule has 3 nitrogen and oxygen atoms in total. The SMILES string of the molecule is Cc1cccc(C(=O)N(C)C2CCCNCC2)c1C. The molecule has 1 amide bonds. The van der Waals surface area contributed by atoms with Crippen LogP contribution in [0.25, 0.3) is 0 Å². The van der Waals surface area contributed by atoms with Gasteiger partial charge in [-0.3, -0.25) is 4.79 Å². The Hall–Kier alpha value is -1.35. The molecular weight excluding hydrogens is 236 g/mol. The van der Waals surface area contributed by atoms with Crippen LogP contribution in [0.4, 0.5) is 0 Å². The van der Waals surface area contributed by atoms with Crippen LogP contribution in [-0.2, 0) is 0 Å². The van der Waals surface area contributed by atoms with E-state index in [9.17, 15) is 4.79 Å². The third-order valence-corrected chi connectivity index (χ3v) is 4.25. The number of hydrogen-bond donors (Lipinski definition) is 1. The summed E-state index contributed by atoms with van der Waals surface area (Å²) in [5.74, 6) is 0.160. The molecule has 0 spiro atoms. The van der Waals surface area contributed by atoms with Gasteiger partial charge in [-0.25, -0.2) is 0 Å². The largest absolute Gasteiger partial charge is 0.339 e. The quantitative estimate of drug-likeness (QED) is 0.886. The predicted molar refractivity (Wildman–Crippen MR) is 78.5 cm³/mol. The van der Waals surface area contributed by atoms with Crippen molar-refractivity contribution in [2.45, 2.75) is 39.2 Å². The third kappa shape index (κ3) is 3.16. The fraction of sp³-hybridized carbons (Fsp3) is 0.562. The van der Waals surface area contributed by atoms with E-state index in [4.69, 9.17) is 0 Å². The van der Waals surface area contributed by atoms with Crippen molar-refractivity contribution < 1.29 is 4.79 Å². The molecule has 0 radical (unpaired) electrons. The van der Waals surface area contributed by atoms with Crippen molar-refractivity contribution in [3.8, 4) is 0 Å². The van der Waals surface area contributed by atoms with Gasteiger partial charge in [0, 0.05) is 18.7 Å². The third-order valence-electron chi connectivity index (χ3n) is 4.25. The summed E-state index contributed by atoms with van der Waals surface area (Å²) in [7, 11) is 1.94. The number of carbonyl (C=O) groups excluding carboxylic acids is 1. The second kappa shape index (κ2) is 6.20. The Bertz CT molecular complexity index is 448. The lowest BCUT2D eigenvalue weighted by Crippen LogP contribution is -2.38. The summed E-state index contributed by atoms with van der Waals surface area (Å²) in [5.41, 5.74) is 3.13. The molecule has 1 aromatic carbocycles. The Labute approximate surface area is 116 Å². The van der Waals surface area contributed by atoms with Crippen LogP contribution >= 0.6 is 0 Å². The molecule has 19 heavy (non-hydrogen) atoms. The number of amides is 1. The zero-order valence-corrected chi connectivity index (χ0v) is 12.2. The van der Waals surface area contributed by atoms with Gasteiger partial charge in [0.1, 0.15) is 0 Å². The lowest BCUT2D eigenvalue weighted by atomic mass is 10.0. The highest BCUT2D eigenvalue weighted by Crippen LogP contribution is 2.18. The highest BCUT2D eigenvalue weighted by Gasteiger charge is 2.23. The van der Waals surface area contributed by atoms with Gasteiger partial charge in [-0.05, 0) is 63.4 Å². The second-order valence-corrected chi connectivity index (χ2v) is 5.50. The van der Waals surface area contributed by atoms with E-state index < -0.39 is 0 Å². The van der Waals surface area contributed by atoms with Crippen LogP contribution in [0.2, 0.25) is 0 Å². The molecular formula is C16H24N2O. The van der Waals surface area contributed by atoms with Crippen molar-refractivity contribution in [3.63, 3.8) is 0 Å². The normalized spacial score (nSPS) is 19.8. The maximum absolute atomic E-state index is 12.6. The Morgan fingerprint density at radius 1 is 1.26 bits per heavy atom. The Morgan fingerprint density at radius 3 is 2.84 bits per heavy atom. The van der Waals surface area contributed by atoms with Gasteiger partial charge in [-0.2, -0.15) is 0 Å². The molecule has 3 heteroatoms. The summed E-state index contributed by atoms with van der Waals surface area (Å²) < 4.78 is 0. The predicted octanol–water partition coefficient (Wildman–Crippen LogP) is 2.52. The average molecular weight is 260 g/mol. The molecule has 1 saturated heterocycles. The first-order chi connectivity index (χ1) is 9.11. The standard InChI is InChI=1S/C16H24N2O/c1-12-6-4-8-15(13(12)2)16(19)18(3)14-7-5-10-17-11-9-14/h4,6,8,14,17H,5,7,9-11H2,1-3H3. The molecule has 0 saturated carbocycles. The van der Waals surface area contributed by atoms with Crippen LogP contribution in [-0.4, -0.2) is 37.0 Å². The number of nitrogens with zero attached hydrogens (tertiary/aromatic N) is 1. The molecule has 0 aromatic heterocycles. The van der Waals surface area contributed by atoms with E-state index in [-0.39, 0.29) is 5.91 Å². The number of hydrogen-bond acceptors (Lipinski definition) is 2. The van der Waals surface area contributed by atoms with Crippen molar-refractivity contribution >= 4 is 5.91 Å². The van der Waals surface area contributed by atoms with Gasteiger partial charge < -0.3 is 10.2 Å². The molecule has 1 unspecified atom stereocenters. The minimum absolute atomic E-state index is 0.160. The molecule has 1 N–H and O–H groups in total. The Morgan fingerprint density at radius 2 is 2.05 bits per heavy atom. The van der Waals surface area contributed by atoms with Crippen LogP contribution in [0.3, 0.4) is 0 Å². The van der Waals surface area contributed by atoms with Gasteiger partial charge in [0.05, 0.1) is 0 Å². The first-order valence-electron chi connectivity index (χ1n) is 7.15. The number of carbonyl (C=O) groups is 1. The summed E-state index contributed by atoms with van der Waals surface area (Å²) in [4.78, 5) is 14.6. The van der Waals surface area contributed by atoms with Gasteiger partial charge >= 0.3 is 0 Å². The molecule has 1 atom stereocenters. The van der Waals surface area contributed by atoms with E-state index in [2.05, 4.69) is 18.3 Å². The van der Waals surface area contributed by atoms with E-state index >= 15 is 0 Å². The van der Waals surface area contributed by atoms with Crippen molar-refractivity contribution in [2.24, 2.45) is 0 Å². The molecule has 0 bridgehead atoms. The highest BCUT2D eigenvalue weighted by atomic mass is 16.2. The number of aryl methyl sites for hydroxylation is 1. The smallest absolute Gasteiger partial charge is 0.254 e. The molecule has 1 aliphatic rings. The minimum Gasteiger partial charge on any atom is -0.339 e. The van der Waals surface area contributed by atoms with Crippen molar-refractivity contribution in [2.75, 3.05) is 20.1 Å². The van der Waals surface area contributed by atoms with Crippen LogP contribution < -0.4 is 5.32 Å². The summed E-state index contributed by atoms with van der Waals surface area (Å²) >= 11 is 0. The maximum atomic E-state index is 12.6. The molecule has 1 aliphatic heterocycles. The monoisotopic (exact) mass is 260 g/mol. The zero-order valence-electron chi connectivity index (χ0n) is 12.2. The zero-order chi connectivity index (χ0) is 13.8. The number of rotatable bonds is 2. The Kier molecular flexibility index (Phi) is 4.59. The molecule has 1 heterocycles. The summed E-state index contributed by atoms with van der Waals surface area (Å²) in [5, 5.41) is 3.39. The van der Waals surface area contributed by atoms with Crippen molar-refractivity contribution in [3.05, 3.63) is 34.9 Å². The molecule has 1 fully saturated rings. The second-order valence-electron chi connectivity index (χ2n) is 5.50. The van der Waals surface area contributed by atoms with Gasteiger partial charge in [0.25, 0.3) is 5.91 Å². The lowest BCUT2D eigenvalue weighted by Gasteiger charge is -2.28. The van der Waals surface area contributed by atoms with E-state index in [0.717, 1.165) is 43.5 Å².